The topological polar surface area (TPSA) is 72.3 Å². The molecule has 1 atom stereocenters. The van der Waals surface area contributed by atoms with Crippen molar-refractivity contribution >= 4 is 6.03 Å². The molecule has 7 nitrogen and oxygen atoms in total. The number of alkyl halides is 3. The number of halogens is 3. The fraction of sp³-hybridized carbons (Fsp3) is 0.786. The van der Waals surface area contributed by atoms with Gasteiger partial charge in [-0.05, 0) is 12.8 Å². The number of aromatic nitrogens is 3. The van der Waals surface area contributed by atoms with Crippen LogP contribution in [-0.4, -0.2) is 57.2 Å². The highest BCUT2D eigenvalue weighted by Gasteiger charge is 2.57. The molecule has 1 aromatic heterocycles. The van der Waals surface area contributed by atoms with Crippen LogP contribution < -0.4 is 5.32 Å². The van der Waals surface area contributed by atoms with Crippen molar-refractivity contribution in [3.63, 3.8) is 0 Å². The van der Waals surface area contributed by atoms with Gasteiger partial charge < -0.3 is 19.5 Å². The smallest absolute Gasteiger partial charge is 0.362 e. The highest BCUT2D eigenvalue weighted by molar-refractivity contribution is 5.74. The van der Waals surface area contributed by atoms with Gasteiger partial charge in [0.15, 0.2) is 11.4 Å². The number of fused-ring (bicyclic) bond motifs is 1. The van der Waals surface area contributed by atoms with Gasteiger partial charge in [-0.25, -0.2) is 4.79 Å². The van der Waals surface area contributed by atoms with Crippen LogP contribution in [0.25, 0.3) is 0 Å². The fourth-order valence-electron chi connectivity index (χ4n) is 3.15. The predicted octanol–water partition coefficient (Wildman–Crippen LogP) is 1.48. The summed E-state index contributed by atoms with van der Waals surface area (Å²) in [6, 6.07) is -0.546. The first-order chi connectivity index (χ1) is 11.4. The van der Waals surface area contributed by atoms with Gasteiger partial charge in [-0.15, -0.1) is 10.2 Å². The zero-order chi connectivity index (χ0) is 17.4. The quantitative estimate of drug-likeness (QED) is 0.899. The van der Waals surface area contributed by atoms with E-state index < -0.39 is 24.4 Å². The van der Waals surface area contributed by atoms with E-state index in [4.69, 9.17) is 4.74 Å². The molecule has 2 aliphatic heterocycles. The molecule has 1 fully saturated rings. The third-order valence-corrected chi connectivity index (χ3v) is 4.64. The summed E-state index contributed by atoms with van der Waals surface area (Å²) >= 11 is 0. The number of hydrogen-bond donors (Lipinski definition) is 1. The average Bonchev–Trinajstić information content (AvgIpc) is 3.15. The van der Waals surface area contributed by atoms with E-state index in [1.54, 1.807) is 0 Å². The largest absolute Gasteiger partial charge is 0.419 e. The van der Waals surface area contributed by atoms with Gasteiger partial charge in [-0.3, -0.25) is 0 Å². The molecule has 10 heteroatoms. The van der Waals surface area contributed by atoms with Crippen LogP contribution in [0.2, 0.25) is 0 Å². The van der Waals surface area contributed by atoms with Crippen molar-refractivity contribution in [3.05, 3.63) is 11.6 Å². The Morgan fingerprint density at radius 2 is 2.17 bits per heavy atom. The van der Waals surface area contributed by atoms with E-state index in [0.29, 0.717) is 5.82 Å². The van der Waals surface area contributed by atoms with Gasteiger partial charge in [0.1, 0.15) is 5.82 Å². The number of carbonyl (C=O) groups is 1. The van der Waals surface area contributed by atoms with Gasteiger partial charge in [0, 0.05) is 19.5 Å². The standard InChI is InChI=1S/C14H20F3N5O2/c1-2-13(14(15,16)17)9-21(6-7-24-13)12(23)18-8-11-20-19-10-4-3-5-22(10)11/h2-9H2,1H3,(H,18,23). The molecule has 0 aromatic carbocycles. The maximum absolute atomic E-state index is 13.3. The van der Waals surface area contributed by atoms with Crippen LogP contribution in [0.4, 0.5) is 18.0 Å². The van der Waals surface area contributed by atoms with E-state index >= 15 is 0 Å². The van der Waals surface area contributed by atoms with Gasteiger partial charge in [0.25, 0.3) is 0 Å². The Bertz CT molecular complexity index is 618. The third kappa shape index (κ3) is 2.94. The van der Waals surface area contributed by atoms with Gasteiger partial charge in [0.05, 0.1) is 19.7 Å². The molecule has 1 N–H and O–H groups in total. The van der Waals surface area contributed by atoms with Crippen molar-refractivity contribution in [2.24, 2.45) is 0 Å². The Kier molecular flexibility index (Phi) is 4.41. The minimum absolute atomic E-state index is 0.127. The molecular formula is C14H20F3N5O2. The summed E-state index contributed by atoms with van der Waals surface area (Å²) in [7, 11) is 0. The summed E-state index contributed by atoms with van der Waals surface area (Å²) < 4.78 is 46.8. The first kappa shape index (κ1) is 17.0. The number of rotatable bonds is 3. The van der Waals surface area contributed by atoms with Gasteiger partial charge in [-0.1, -0.05) is 6.92 Å². The van der Waals surface area contributed by atoms with Crippen LogP contribution in [0.15, 0.2) is 0 Å². The lowest BCUT2D eigenvalue weighted by Gasteiger charge is -2.43. The van der Waals surface area contributed by atoms with Gasteiger partial charge in [-0.2, -0.15) is 13.2 Å². The number of carbonyl (C=O) groups excluding carboxylic acids is 1. The summed E-state index contributed by atoms with van der Waals surface area (Å²) in [6.07, 6.45) is -2.92. The third-order valence-electron chi connectivity index (χ3n) is 4.64. The maximum atomic E-state index is 13.3. The van der Waals surface area contributed by atoms with Crippen molar-refractivity contribution in [1.82, 2.24) is 25.0 Å². The van der Waals surface area contributed by atoms with Crippen molar-refractivity contribution in [2.75, 3.05) is 19.7 Å². The molecule has 2 amide bonds. The Balaban J connectivity index is 1.62. The molecule has 134 valence electrons. The van der Waals surface area contributed by atoms with Crippen molar-refractivity contribution in [1.29, 1.82) is 0 Å². The van der Waals surface area contributed by atoms with Crippen LogP contribution in [0.1, 0.15) is 31.4 Å². The van der Waals surface area contributed by atoms with E-state index in [-0.39, 0.29) is 26.1 Å². The molecule has 1 unspecified atom stereocenters. The molecule has 0 bridgehead atoms. The van der Waals surface area contributed by atoms with Crippen LogP contribution >= 0.6 is 0 Å². The lowest BCUT2D eigenvalue weighted by atomic mass is 9.97. The van der Waals surface area contributed by atoms with E-state index in [1.165, 1.54) is 6.92 Å². The summed E-state index contributed by atoms with van der Waals surface area (Å²) in [5.41, 5.74) is -2.29. The molecular weight excluding hydrogens is 327 g/mol. The molecule has 1 saturated heterocycles. The Labute approximate surface area is 137 Å². The fourth-order valence-corrected chi connectivity index (χ4v) is 3.15. The minimum Gasteiger partial charge on any atom is -0.362 e. The van der Waals surface area contributed by atoms with Gasteiger partial charge in [0.2, 0.25) is 0 Å². The van der Waals surface area contributed by atoms with E-state index in [2.05, 4.69) is 15.5 Å². The predicted molar refractivity (Wildman–Crippen MR) is 77.2 cm³/mol. The molecule has 24 heavy (non-hydrogen) atoms. The molecule has 3 rings (SSSR count). The summed E-state index contributed by atoms with van der Waals surface area (Å²) in [6.45, 7) is 1.85. The molecule has 0 aliphatic carbocycles. The number of hydrogen-bond acceptors (Lipinski definition) is 4. The van der Waals surface area contributed by atoms with E-state index in [9.17, 15) is 18.0 Å². The average molecular weight is 347 g/mol. The van der Waals surface area contributed by atoms with Crippen LogP contribution in [0.3, 0.4) is 0 Å². The Morgan fingerprint density at radius 3 is 2.88 bits per heavy atom. The maximum Gasteiger partial charge on any atom is 0.419 e. The van der Waals surface area contributed by atoms with Crippen molar-refractivity contribution in [3.8, 4) is 0 Å². The van der Waals surface area contributed by atoms with Crippen molar-refractivity contribution < 1.29 is 22.7 Å². The number of urea groups is 1. The summed E-state index contributed by atoms with van der Waals surface area (Å²) in [4.78, 5) is 13.4. The van der Waals surface area contributed by atoms with Crippen molar-refractivity contribution in [2.45, 2.75) is 51.1 Å². The lowest BCUT2D eigenvalue weighted by Crippen LogP contribution is -2.61. The highest BCUT2D eigenvalue weighted by Crippen LogP contribution is 2.38. The number of nitrogens with one attached hydrogen (secondary N) is 1. The minimum atomic E-state index is -4.52. The van der Waals surface area contributed by atoms with Crippen LogP contribution in [0.5, 0.6) is 0 Å². The first-order valence-electron chi connectivity index (χ1n) is 8.01. The number of morpholine rings is 1. The molecule has 2 aliphatic rings. The number of nitrogens with zero attached hydrogens (tertiary/aromatic N) is 4. The number of ether oxygens (including phenoxy) is 1. The molecule has 1 aromatic rings. The second-order valence-corrected chi connectivity index (χ2v) is 6.06. The van der Waals surface area contributed by atoms with E-state index in [1.807, 2.05) is 4.57 Å². The number of aryl methyl sites for hydroxylation is 1. The highest BCUT2D eigenvalue weighted by atomic mass is 19.4. The zero-order valence-electron chi connectivity index (χ0n) is 13.4. The lowest BCUT2D eigenvalue weighted by molar-refractivity contribution is -0.293. The van der Waals surface area contributed by atoms with Crippen LogP contribution in [0, 0.1) is 0 Å². The van der Waals surface area contributed by atoms with E-state index in [0.717, 1.165) is 30.1 Å². The first-order valence-corrected chi connectivity index (χ1v) is 8.01. The Morgan fingerprint density at radius 1 is 1.38 bits per heavy atom. The molecule has 0 radical (unpaired) electrons. The molecule has 3 heterocycles. The second-order valence-electron chi connectivity index (χ2n) is 6.06. The second kappa shape index (κ2) is 6.23. The van der Waals surface area contributed by atoms with Crippen LogP contribution in [-0.2, 0) is 24.2 Å². The summed E-state index contributed by atoms with van der Waals surface area (Å²) in [5, 5.41) is 10.7. The van der Waals surface area contributed by atoms with Gasteiger partial charge >= 0.3 is 12.2 Å². The zero-order valence-corrected chi connectivity index (χ0v) is 13.4. The molecule has 0 spiro atoms. The Hall–Kier alpha value is -1.84. The normalized spacial score (nSPS) is 24.1. The SMILES string of the molecule is CCC1(C(F)(F)F)CN(C(=O)NCc2nnc3n2CCC3)CCO1. The summed E-state index contributed by atoms with van der Waals surface area (Å²) in [5.74, 6) is 1.51. The monoisotopic (exact) mass is 347 g/mol. The molecule has 0 saturated carbocycles. The number of amides is 2.